The average molecular weight is 438 g/mol. The molecule has 0 spiro atoms. The standard InChI is InChI=1S/C23H23Cl3O2/c24-18-10-6-5-8-15(18)17(16-9-3-1-2-4-13-21(16)27)14-22(28)23-19(25)11-7-12-20(23)26/h5-8,10-12,16-17H,1-4,9,13-14H2/t16-,17-/m0/s1. The Hall–Kier alpha value is -1.35. The Morgan fingerprint density at radius 2 is 1.54 bits per heavy atom. The molecule has 148 valence electrons. The number of ketones is 2. The van der Waals surface area contributed by atoms with E-state index in [-0.39, 0.29) is 29.8 Å². The van der Waals surface area contributed by atoms with E-state index in [4.69, 9.17) is 34.8 Å². The van der Waals surface area contributed by atoms with E-state index < -0.39 is 0 Å². The fraction of sp³-hybridized carbons (Fsp3) is 0.391. The second kappa shape index (κ2) is 9.91. The number of benzene rings is 2. The van der Waals surface area contributed by atoms with Crippen molar-refractivity contribution in [3.8, 4) is 0 Å². The number of halogens is 3. The van der Waals surface area contributed by atoms with Crippen LogP contribution < -0.4 is 0 Å². The van der Waals surface area contributed by atoms with E-state index in [1.807, 2.05) is 24.3 Å². The van der Waals surface area contributed by atoms with Crippen molar-refractivity contribution >= 4 is 46.4 Å². The molecule has 2 aromatic rings. The van der Waals surface area contributed by atoms with Gasteiger partial charge in [-0.25, -0.2) is 0 Å². The zero-order chi connectivity index (χ0) is 20.1. The minimum absolute atomic E-state index is 0.156. The highest BCUT2D eigenvalue weighted by Crippen LogP contribution is 2.40. The second-order valence-electron chi connectivity index (χ2n) is 7.38. The maximum absolute atomic E-state index is 13.2. The molecule has 2 atom stereocenters. The molecule has 0 aromatic heterocycles. The smallest absolute Gasteiger partial charge is 0.166 e. The summed E-state index contributed by atoms with van der Waals surface area (Å²) in [6.45, 7) is 0. The van der Waals surface area contributed by atoms with Gasteiger partial charge in [-0.2, -0.15) is 0 Å². The van der Waals surface area contributed by atoms with Crippen molar-refractivity contribution in [1.82, 2.24) is 0 Å². The van der Waals surface area contributed by atoms with E-state index in [1.54, 1.807) is 18.2 Å². The van der Waals surface area contributed by atoms with Gasteiger partial charge in [-0.3, -0.25) is 9.59 Å². The number of carbonyl (C=O) groups excluding carboxylic acids is 2. The fourth-order valence-electron chi connectivity index (χ4n) is 4.10. The van der Waals surface area contributed by atoms with Crippen molar-refractivity contribution in [2.24, 2.45) is 5.92 Å². The molecule has 0 aliphatic heterocycles. The van der Waals surface area contributed by atoms with E-state index in [2.05, 4.69) is 0 Å². The summed E-state index contributed by atoms with van der Waals surface area (Å²) in [6.07, 6.45) is 5.59. The molecule has 2 nitrogen and oxygen atoms in total. The summed E-state index contributed by atoms with van der Waals surface area (Å²) in [5, 5.41) is 1.25. The lowest BCUT2D eigenvalue weighted by Crippen LogP contribution is -2.26. The Morgan fingerprint density at radius 1 is 0.893 bits per heavy atom. The molecule has 1 saturated carbocycles. The van der Waals surface area contributed by atoms with Gasteiger partial charge in [0, 0.05) is 29.7 Å². The van der Waals surface area contributed by atoms with Crippen LogP contribution in [0.4, 0.5) is 0 Å². The van der Waals surface area contributed by atoms with Crippen LogP contribution in [0.15, 0.2) is 42.5 Å². The lowest BCUT2D eigenvalue weighted by Gasteiger charge is -2.28. The summed E-state index contributed by atoms with van der Waals surface area (Å²) >= 11 is 19.0. The molecular formula is C23H23Cl3O2. The minimum atomic E-state index is -0.279. The second-order valence-corrected chi connectivity index (χ2v) is 8.60. The van der Waals surface area contributed by atoms with Crippen LogP contribution in [0, 0.1) is 5.92 Å². The monoisotopic (exact) mass is 436 g/mol. The van der Waals surface area contributed by atoms with Crippen molar-refractivity contribution in [3.63, 3.8) is 0 Å². The first-order valence-corrected chi connectivity index (χ1v) is 10.9. The van der Waals surface area contributed by atoms with Gasteiger partial charge in [-0.05, 0) is 36.6 Å². The van der Waals surface area contributed by atoms with Crippen LogP contribution in [0.2, 0.25) is 15.1 Å². The molecule has 1 aliphatic rings. The highest BCUT2D eigenvalue weighted by atomic mass is 35.5. The lowest BCUT2D eigenvalue weighted by atomic mass is 9.75. The summed E-state index contributed by atoms with van der Waals surface area (Å²) in [7, 11) is 0. The van der Waals surface area contributed by atoms with Gasteiger partial charge in [-0.1, -0.05) is 78.3 Å². The van der Waals surface area contributed by atoms with Crippen LogP contribution in [0.25, 0.3) is 0 Å². The number of rotatable bonds is 5. The molecule has 0 radical (unpaired) electrons. The predicted molar refractivity (Wildman–Crippen MR) is 116 cm³/mol. The Labute approximate surface area is 181 Å². The molecule has 1 aliphatic carbocycles. The first-order valence-electron chi connectivity index (χ1n) is 9.73. The third-order valence-corrected chi connectivity index (χ3v) is 6.51. The van der Waals surface area contributed by atoms with Gasteiger partial charge in [0.15, 0.2) is 5.78 Å². The molecule has 2 aromatic carbocycles. The van der Waals surface area contributed by atoms with Crippen LogP contribution >= 0.6 is 34.8 Å². The van der Waals surface area contributed by atoms with E-state index >= 15 is 0 Å². The Balaban J connectivity index is 1.98. The van der Waals surface area contributed by atoms with Crippen molar-refractivity contribution in [2.75, 3.05) is 0 Å². The number of hydrogen-bond acceptors (Lipinski definition) is 2. The average Bonchev–Trinajstić information content (AvgIpc) is 2.64. The van der Waals surface area contributed by atoms with Gasteiger partial charge in [0.2, 0.25) is 0 Å². The van der Waals surface area contributed by atoms with Crippen LogP contribution in [0.3, 0.4) is 0 Å². The fourth-order valence-corrected chi connectivity index (χ4v) is 4.98. The third kappa shape index (κ3) is 4.97. The van der Waals surface area contributed by atoms with Gasteiger partial charge >= 0.3 is 0 Å². The van der Waals surface area contributed by atoms with Gasteiger partial charge < -0.3 is 0 Å². The van der Waals surface area contributed by atoms with Crippen molar-refractivity contribution in [3.05, 3.63) is 68.7 Å². The summed E-state index contributed by atoms with van der Waals surface area (Å²) in [4.78, 5) is 26.1. The Morgan fingerprint density at radius 3 is 2.25 bits per heavy atom. The van der Waals surface area contributed by atoms with Gasteiger partial charge in [0.1, 0.15) is 5.78 Å². The predicted octanol–water partition coefficient (Wildman–Crippen LogP) is 7.54. The summed E-state index contributed by atoms with van der Waals surface area (Å²) in [5.41, 5.74) is 1.17. The molecule has 0 heterocycles. The molecule has 0 unspecified atom stereocenters. The van der Waals surface area contributed by atoms with E-state index in [1.165, 1.54) is 0 Å². The molecule has 3 rings (SSSR count). The molecular weight excluding hydrogens is 415 g/mol. The highest BCUT2D eigenvalue weighted by Gasteiger charge is 2.33. The topological polar surface area (TPSA) is 34.1 Å². The zero-order valence-electron chi connectivity index (χ0n) is 15.6. The first-order chi connectivity index (χ1) is 13.5. The number of hydrogen-bond donors (Lipinski definition) is 0. The molecule has 0 saturated heterocycles. The van der Waals surface area contributed by atoms with Crippen molar-refractivity contribution < 1.29 is 9.59 Å². The summed E-state index contributed by atoms with van der Waals surface area (Å²) in [5.74, 6) is -0.428. The SMILES string of the molecule is O=C(C[C@@H](c1ccccc1Cl)[C@@H]1CCCCCCC1=O)c1c(Cl)cccc1Cl. The molecule has 1 fully saturated rings. The Kier molecular flexibility index (Phi) is 7.56. The molecule has 0 amide bonds. The van der Waals surface area contributed by atoms with Crippen LogP contribution in [0.5, 0.6) is 0 Å². The first kappa shape index (κ1) is 21.4. The highest BCUT2D eigenvalue weighted by molar-refractivity contribution is 6.39. The quantitative estimate of drug-likeness (QED) is 0.453. The number of Topliss-reactive ketones (excluding diaryl/α,β-unsaturated/α-hetero) is 2. The van der Waals surface area contributed by atoms with Gasteiger partial charge in [0.05, 0.1) is 15.6 Å². The van der Waals surface area contributed by atoms with Crippen molar-refractivity contribution in [1.29, 1.82) is 0 Å². The Bertz CT molecular complexity index is 842. The molecule has 0 N–H and O–H groups in total. The van der Waals surface area contributed by atoms with Gasteiger partial charge in [-0.15, -0.1) is 0 Å². The molecule has 0 bridgehead atoms. The maximum atomic E-state index is 13.2. The lowest BCUT2D eigenvalue weighted by molar-refractivity contribution is -0.124. The maximum Gasteiger partial charge on any atom is 0.166 e. The largest absolute Gasteiger partial charge is 0.299 e. The van der Waals surface area contributed by atoms with Crippen LogP contribution in [0.1, 0.15) is 66.8 Å². The van der Waals surface area contributed by atoms with Crippen molar-refractivity contribution in [2.45, 2.75) is 50.9 Å². The summed E-state index contributed by atoms with van der Waals surface area (Å²) < 4.78 is 0. The number of carbonyl (C=O) groups is 2. The molecule has 28 heavy (non-hydrogen) atoms. The van der Waals surface area contributed by atoms with Crippen LogP contribution in [-0.4, -0.2) is 11.6 Å². The summed E-state index contributed by atoms with van der Waals surface area (Å²) in [6, 6.07) is 12.5. The molecule has 5 heteroatoms. The minimum Gasteiger partial charge on any atom is -0.299 e. The van der Waals surface area contributed by atoms with Gasteiger partial charge in [0.25, 0.3) is 0 Å². The van der Waals surface area contributed by atoms with E-state index in [0.717, 1.165) is 37.7 Å². The normalized spacial score (nSPS) is 19.0. The van der Waals surface area contributed by atoms with E-state index in [9.17, 15) is 9.59 Å². The van der Waals surface area contributed by atoms with Crippen LogP contribution in [-0.2, 0) is 4.79 Å². The zero-order valence-corrected chi connectivity index (χ0v) is 17.9. The third-order valence-electron chi connectivity index (χ3n) is 5.54. The van der Waals surface area contributed by atoms with E-state index in [0.29, 0.717) is 27.1 Å².